The molecule has 2 aromatic rings. The van der Waals surface area contributed by atoms with Crippen molar-refractivity contribution in [2.45, 2.75) is 13.0 Å². The lowest BCUT2D eigenvalue weighted by molar-refractivity contribution is 0.617. The van der Waals surface area contributed by atoms with Crippen LogP contribution < -0.4 is 0 Å². The molecular formula is C10H7ClFN5. The Morgan fingerprint density at radius 3 is 3.06 bits per heavy atom. The van der Waals surface area contributed by atoms with Crippen molar-refractivity contribution in [2.75, 3.05) is 0 Å². The van der Waals surface area contributed by atoms with Crippen LogP contribution in [0.4, 0.5) is 4.39 Å². The SMILES string of the molecule is N#CCCn1cc(-c2nc(Cl)ncc2F)cn1. The molecule has 0 aliphatic rings. The van der Waals surface area contributed by atoms with Gasteiger partial charge in [-0.05, 0) is 11.6 Å². The summed E-state index contributed by atoms with van der Waals surface area (Å²) < 4.78 is 15.0. The van der Waals surface area contributed by atoms with E-state index in [1.807, 2.05) is 6.07 Å². The van der Waals surface area contributed by atoms with Crippen molar-refractivity contribution in [3.05, 3.63) is 29.7 Å². The average molecular weight is 252 g/mol. The Morgan fingerprint density at radius 2 is 2.29 bits per heavy atom. The summed E-state index contributed by atoms with van der Waals surface area (Å²) >= 11 is 5.60. The van der Waals surface area contributed by atoms with Gasteiger partial charge in [0.05, 0.1) is 31.4 Å². The van der Waals surface area contributed by atoms with E-state index in [1.54, 1.807) is 10.9 Å². The van der Waals surface area contributed by atoms with Crippen molar-refractivity contribution in [1.82, 2.24) is 19.7 Å². The molecule has 0 aliphatic heterocycles. The van der Waals surface area contributed by atoms with Crippen molar-refractivity contribution in [3.8, 4) is 17.3 Å². The molecule has 0 N–H and O–H groups in total. The van der Waals surface area contributed by atoms with Gasteiger partial charge < -0.3 is 0 Å². The van der Waals surface area contributed by atoms with Crippen LogP contribution in [0.15, 0.2) is 18.6 Å². The lowest BCUT2D eigenvalue weighted by Gasteiger charge is -1.98. The molecule has 5 nitrogen and oxygen atoms in total. The zero-order valence-electron chi connectivity index (χ0n) is 8.64. The van der Waals surface area contributed by atoms with Gasteiger partial charge in [0.2, 0.25) is 5.28 Å². The molecule has 0 radical (unpaired) electrons. The average Bonchev–Trinajstić information content (AvgIpc) is 2.78. The number of rotatable bonds is 3. The third-order valence-corrected chi connectivity index (χ3v) is 2.26. The third-order valence-electron chi connectivity index (χ3n) is 2.07. The normalized spacial score (nSPS) is 10.2. The largest absolute Gasteiger partial charge is 0.271 e. The first kappa shape index (κ1) is 11.5. The highest BCUT2D eigenvalue weighted by Crippen LogP contribution is 2.20. The third kappa shape index (κ3) is 2.57. The standard InChI is InChI=1S/C10H7ClFN5/c11-10-14-5-8(12)9(16-10)7-4-15-17(6-7)3-1-2-13/h4-6H,1,3H2. The molecule has 0 aliphatic carbocycles. The van der Waals surface area contributed by atoms with E-state index in [-0.39, 0.29) is 11.0 Å². The van der Waals surface area contributed by atoms with Crippen LogP contribution >= 0.6 is 11.6 Å². The summed E-state index contributed by atoms with van der Waals surface area (Å²) in [7, 11) is 0. The van der Waals surface area contributed by atoms with Gasteiger partial charge in [-0.15, -0.1) is 0 Å². The summed E-state index contributed by atoms with van der Waals surface area (Å²) in [6, 6.07) is 2.00. The molecule has 0 saturated carbocycles. The molecule has 0 bridgehead atoms. The van der Waals surface area contributed by atoms with Crippen LogP contribution in [0.2, 0.25) is 5.28 Å². The van der Waals surface area contributed by atoms with E-state index in [0.29, 0.717) is 18.5 Å². The van der Waals surface area contributed by atoms with Gasteiger partial charge in [-0.3, -0.25) is 4.68 Å². The van der Waals surface area contributed by atoms with Crippen molar-refractivity contribution in [3.63, 3.8) is 0 Å². The minimum atomic E-state index is -0.561. The molecule has 0 spiro atoms. The fourth-order valence-corrected chi connectivity index (χ4v) is 1.45. The minimum absolute atomic E-state index is 0.0221. The van der Waals surface area contributed by atoms with Gasteiger partial charge in [-0.25, -0.2) is 14.4 Å². The summed E-state index contributed by atoms with van der Waals surface area (Å²) in [6.07, 6.45) is 4.43. The summed E-state index contributed by atoms with van der Waals surface area (Å²) in [6.45, 7) is 0.455. The van der Waals surface area contributed by atoms with Crippen LogP contribution in [0.5, 0.6) is 0 Å². The predicted octanol–water partition coefficient (Wildman–Crippen LogP) is 2.05. The van der Waals surface area contributed by atoms with Crippen molar-refractivity contribution in [1.29, 1.82) is 5.26 Å². The number of halogens is 2. The Kier molecular flexibility index (Phi) is 3.30. The first-order chi connectivity index (χ1) is 8.20. The molecule has 0 fully saturated rings. The number of aryl methyl sites for hydroxylation is 1. The van der Waals surface area contributed by atoms with Crippen LogP contribution in [0, 0.1) is 17.1 Å². The van der Waals surface area contributed by atoms with Crippen LogP contribution in [0.3, 0.4) is 0 Å². The second kappa shape index (κ2) is 4.89. The molecule has 2 aromatic heterocycles. The highest BCUT2D eigenvalue weighted by molar-refractivity contribution is 6.28. The van der Waals surface area contributed by atoms with Crippen molar-refractivity contribution >= 4 is 11.6 Å². The molecule has 0 saturated heterocycles. The number of nitrogens with zero attached hydrogens (tertiary/aromatic N) is 5. The van der Waals surface area contributed by atoms with Crippen molar-refractivity contribution < 1.29 is 4.39 Å². The summed E-state index contributed by atoms with van der Waals surface area (Å²) in [5.74, 6) is -0.561. The Morgan fingerprint density at radius 1 is 1.47 bits per heavy atom. The molecule has 86 valence electrons. The highest BCUT2D eigenvalue weighted by atomic mass is 35.5. The molecule has 0 aromatic carbocycles. The smallest absolute Gasteiger partial charge is 0.223 e. The molecule has 17 heavy (non-hydrogen) atoms. The van der Waals surface area contributed by atoms with Gasteiger partial charge in [0.25, 0.3) is 0 Å². The number of nitriles is 1. The van der Waals surface area contributed by atoms with Crippen molar-refractivity contribution in [2.24, 2.45) is 0 Å². The second-order valence-corrected chi connectivity index (χ2v) is 3.57. The topological polar surface area (TPSA) is 67.4 Å². The van der Waals surface area contributed by atoms with E-state index in [0.717, 1.165) is 6.20 Å². The van der Waals surface area contributed by atoms with Crippen LogP contribution in [0.25, 0.3) is 11.3 Å². The second-order valence-electron chi connectivity index (χ2n) is 3.24. The first-order valence-electron chi connectivity index (χ1n) is 4.78. The molecule has 0 amide bonds. The lowest BCUT2D eigenvalue weighted by atomic mass is 10.2. The molecule has 0 atom stereocenters. The Balaban J connectivity index is 2.30. The zero-order chi connectivity index (χ0) is 12.3. The lowest BCUT2D eigenvalue weighted by Crippen LogP contribution is -1.96. The number of hydrogen-bond acceptors (Lipinski definition) is 4. The summed E-state index contributed by atoms with van der Waals surface area (Å²) in [4.78, 5) is 7.33. The van der Waals surface area contributed by atoms with E-state index >= 15 is 0 Å². The highest BCUT2D eigenvalue weighted by Gasteiger charge is 2.10. The minimum Gasteiger partial charge on any atom is -0.271 e. The van der Waals surface area contributed by atoms with Gasteiger partial charge in [-0.1, -0.05) is 0 Å². The zero-order valence-corrected chi connectivity index (χ0v) is 9.39. The van der Waals surface area contributed by atoms with Gasteiger partial charge in [0.1, 0.15) is 5.69 Å². The van der Waals surface area contributed by atoms with Gasteiger partial charge in [0, 0.05) is 11.8 Å². The maximum absolute atomic E-state index is 13.4. The van der Waals surface area contributed by atoms with Crippen LogP contribution in [0.1, 0.15) is 6.42 Å². The van der Waals surface area contributed by atoms with Gasteiger partial charge in [-0.2, -0.15) is 10.4 Å². The maximum atomic E-state index is 13.4. The molecular weight excluding hydrogens is 245 g/mol. The molecule has 7 heteroatoms. The van der Waals surface area contributed by atoms with Crippen LogP contribution in [-0.2, 0) is 6.54 Å². The van der Waals surface area contributed by atoms with E-state index in [4.69, 9.17) is 16.9 Å². The fraction of sp³-hybridized carbons (Fsp3) is 0.200. The van der Waals surface area contributed by atoms with E-state index < -0.39 is 5.82 Å². The van der Waals surface area contributed by atoms with E-state index in [2.05, 4.69) is 15.1 Å². The molecule has 2 heterocycles. The predicted molar refractivity (Wildman–Crippen MR) is 58.5 cm³/mol. The van der Waals surface area contributed by atoms with Crippen LogP contribution in [-0.4, -0.2) is 19.7 Å². The quantitative estimate of drug-likeness (QED) is 0.783. The van der Waals surface area contributed by atoms with E-state index in [1.165, 1.54) is 6.20 Å². The number of hydrogen-bond donors (Lipinski definition) is 0. The molecule has 2 rings (SSSR count). The van der Waals surface area contributed by atoms with Gasteiger partial charge >= 0.3 is 0 Å². The van der Waals surface area contributed by atoms with Gasteiger partial charge in [0.15, 0.2) is 5.82 Å². The molecule has 0 unspecified atom stereocenters. The Labute approximate surface area is 101 Å². The Bertz CT molecular complexity index is 574. The first-order valence-corrected chi connectivity index (χ1v) is 5.16. The van der Waals surface area contributed by atoms with E-state index in [9.17, 15) is 4.39 Å². The maximum Gasteiger partial charge on any atom is 0.223 e. The fourth-order valence-electron chi connectivity index (χ4n) is 1.32. The number of aromatic nitrogens is 4. The monoisotopic (exact) mass is 251 g/mol. The summed E-state index contributed by atoms with van der Waals surface area (Å²) in [5.41, 5.74) is 0.609. The summed E-state index contributed by atoms with van der Waals surface area (Å²) in [5, 5.41) is 12.4. The Hall–Kier alpha value is -2.00.